The second kappa shape index (κ2) is 5.96. The van der Waals surface area contributed by atoms with Crippen LogP contribution in [0.15, 0.2) is 18.2 Å². The summed E-state index contributed by atoms with van der Waals surface area (Å²) in [6, 6.07) is 4.73. The molecule has 1 aromatic carbocycles. The molecule has 0 aliphatic carbocycles. The zero-order valence-corrected chi connectivity index (χ0v) is 14.3. The van der Waals surface area contributed by atoms with Crippen molar-refractivity contribution in [2.45, 2.75) is 26.4 Å². The Bertz CT molecular complexity index is 718. The molecule has 1 fully saturated rings. The van der Waals surface area contributed by atoms with Crippen molar-refractivity contribution in [2.75, 3.05) is 31.1 Å². The number of anilines is 1. The average molecular weight is 337 g/mol. The summed E-state index contributed by atoms with van der Waals surface area (Å²) in [6.07, 6.45) is -0.276. The Kier molecular flexibility index (Phi) is 4.14. The first kappa shape index (κ1) is 16.0. The van der Waals surface area contributed by atoms with Gasteiger partial charge in [0.1, 0.15) is 17.2 Å². The molecular weight excluding hydrogens is 317 g/mol. The monoisotopic (exact) mass is 337 g/mol. The fourth-order valence-corrected chi connectivity index (χ4v) is 3.38. The summed E-state index contributed by atoms with van der Waals surface area (Å²) >= 11 is 1.30. The molecule has 1 aliphatic heterocycles. The molecule has 0 radical (unpaired) electrons. The number of piperazine rings is 1. The van der Waals surface area contributed by atoms with Crippen molar-refractivity contribution in [3.05, 3.63) is 24.0 Å². The average Bonchev–Trinajstić information content (AvgIpc) is 2.88. The molecule has 1 aromatic heterocycles. The lowest BCUT2D eigenvalue weighted by atomic mass is 10.2. The molecule has 0 N–H and O–H groups in total. The molecule has 1 aliphatic rings. The summed E-state index contributed by atoms with van der Waals surface area (Å²) < 4.78 is 24.0. The van der Waals surface area contributed by atoms with Gasteiger partial charge in [-0.2, -0.15) is 4.37 Å². The highest BCUT2D eigenvalue weighted by atomic mass is 32.1. The smallest absolute Gasteiger partial charge is 0.410 e. The summed E-state index contributed by atoms with van der Waals surface area (Å²) in [5.74, 6) is 0.622. The first-order valence-electron chi connectivity index (χ1n) is 7.61. The zero-order valence-electron chi connectivity index (χ0n) is 13.5. The second-order valence-corrected chi connectivity index (χ2v) is 7.41. The lowest BCUT2D eigenvalue weighted by molar-refractivity contribution is 0.0240. The van der Waals surface area contributed by atoms with Crippen LogP contribution in [-0.2, 0) is 4.74 Å². The number of nitrogens with zero attached hydrogens (tertiary/aromatic N) is 3. The molecule has 1 amide bonds. The van der Waals surface area contributed by atoms with Crippen LogP contribution in [-0.4, -0.2) is 47.1 Å². The fraction of sp³-hybridized carbons (Fsp3) is 0.500. The molecule has 1 saturated heterocycles. The Labute approximate surface area is 138 Å². The van der Waals surface area contributed by atoms with E-state index < -0.39 is 5.60 Å². The fourth-order valence-electron chi connectivity index (χ4n) is 2.55. The maximum atomic E-state index is 13.3. The number of hydrogen-bond acceptors (Lipinski definition) is 5. The van der Waals surface area contributed by atoms with E-state index >= 15 is 0 Å². The van der Waals surface area contributed by atoms with Gasteiger partial charge in [-0.1, -0.05) is 0 Å². The Morgan fingerprint density at radius 3 is 2.61 bits per heavy atom. The summed E-state index contributed by atoms with van der Waals surface area (Å²) in [6.45, 7) is 8.15. The third kappa shape index (κ3) is 3.55. The van der Waals surface area contributed by atoms with E-state index in [1.165, 1.54) is 23.7 Å². The summed E-state index contributed by atoms with van der Waals surface area (Å²) in [5.41, 5.74) is -0.483. The van der Waals surface area contributed by atoms with Gasteiger partial charge in [0.2, 0.25) is 0 Å². The van der Waals surface area contributed by atoms with Crippen molar-refractivity contribution in [3.8, 4) is 0 Å². The van der Waals surface area contributed by atoms with E-state index in [-0.39, 0.29) is 11.9 Å². The highest BCUT2D eigenvalue weighted by Crippen LogP contribution is 2.30. The Morgan fingerprint density at radius 1 is 1.26 bits per heavy atom. The molecule has 0 bridgehead atoms. The predicted molar refractivity (Wildman–Crippen MR) is 89.6 cm³/mol. The molecule has 0 spiro atoms. The second-order valence-electron chi connectivity index (χ2n) is 6.60. The van der Waals surface area contributed by atoms with Gasteiger partial charge in [-0.25, -0.2) is 9.18 Å². The van der Waals surface area contributed by atoms with Crippen molar-refractivity contribution in [1.29, 1.82) is 0 Å². The van der Waals surface area contributed by atoms with Crippen molar-refractivity contribution < 1.29 is 13.9 Å². The maximum absolute atomic E-state index is 13.3. The number of aromatic nitrogens is 1. The highest BCUT2D eigenvalue weighted by molar-refractivity contribution is 7.13. The number of halogens is 1. The molecule has 124 valence electrons. The number of rotatable bonds is 1. The van der Waals surface area contributed by atoms with Gasteiger partial charge in [0, 0.05) is 31.6 Å². The van der Waals surface area contributed by atoms with Crippen molar-refractivity contribution in [1.82, 2.24) is 9.27 Å². The molecule has 7 heteroatoms. The lowest BCUT2D eigenvalue weighted by Gasteiger charge is -2.35. The van der Waals surface area contributed by atoms with Crippen LogP contribution in [0.5, 0.6) is 0 Å². The van der Waals surface area contributed by atoms with Gasteiger partial charge in [-0.05, 0) is 50.5 Å². The first-order chi connectivity index (χ1) is 10.8. The highest BCUT2D eigenvalue weighted by Gasteiger charge is 2.27. The van der Waals surface area contributed by atoms with Gasteiger partial charge in [0.15, 0.2) is 0 Å². The number of amides is 1. The van der Waals surface area contributed by atoms with E-state index in [4.69, 9.17) is 4.74 Å². The molecule has 0 saturated carbocycles. The van der Waals surface area contributed by atoms with E-state index in [0.29, 0.717) is 26.2 Å². The van der Waals surface area contributed by atoms with E-state index in [2.05, 4.69) is 9.27 Å². The number of benzene rings is 1. The number of carbonyl (C=O) groups is 1. The normalized spacial score (nSPS) is 16.0. The largest absolute Gasteiger partial charge is 0.444 e. The third-order valence-corrected chi connectivity index (χ3v) is 4.44. The minimum atomic E-state index is -0.483. The van der Waals surface area contributed by atoms with Crippen molar-refractivity contribution >= 4 is 33.5 Å². The molecule has 3 rings (SSSR count). The minimum Gasteiger partial charge on any atom is -0.444 e. The number of hydrogen-bond donors (Lipinski definition) is 0. The number of ether oxygens (including phenoxy) is 1. The van der Waals surface area contributed by atoms with Gasteiger partial charge in [-0.15, -0.1) is 0 Å². The van der Waals surface area contributed by atoms with Crippen LogP contribution in [0.1, 0.15) is 20.8 Å². The topological polar surface area (TPSA) is 45.7 Å². The molecule has 0 unspecified atom stereocenters. The first-order valence-corrected chi connectivity index (χ1v) is 8.39. The molecular formula is C16H20FN3O2S. The molecule has 5 nitrogen and oxygen atoms in total. The zero-order chi connectivity index (χ0) is 16.6. The van der Waals surface area contributed by atoms with E-state index in [9.17, 15) is 9.18 Å². The van der Waals surface area contributed by atoms with Crippen molar-refractivity contribution in [2.24, 2.45) is 0 Å². The van der Waals surface area contributed by atoms with Crippen LogP contribution in [0.2, 0.25) is 0 Å². The predicted octanol–water partition coefficient (Wildman–Crippen LogP) is 3.49. The molecule has 2 aromatic rings. The quantitative estimate of drug-likeness (QED) is 0.799. The lowest BCUT2D eigenvalue weighted by Crippen LogP contribution is -2.50. The molecule has 0 atom stereocenters. The minimum absolute atomic E-state index is 0.248. The number of fused-ring (bicyclic) bond motifs is 1. The third-order valence-electron chi connectivity index (χ3n) is 3.65. The van der Waals surface area contributed by atoms with Crippen LogP contribution in [0.25, 0.3) is 10.1 Å². The van der Waals surface area contributed by atoms with Gasteiger partial charge < -0.3 is 14.5 Å². The van der Waals surface area contributed by atoms with Crippen LogP contribution in [0.3, 0.4) is 0 Å². The standard InChI is InChI=1S/C16H20FN3O2S/c1-16(2,3)22-15(21)20-8-6-19(7-9-20)14-12-5-4-11(17)10-13(12)23-18-14/h4-5,10H,6-9H2,1-3H3. The summed E-state index contributed by atoms with van der Waals surface area (Å²) in [4.78, 5) is 15.9. The van der Waals surface area contributed by atoms with Crippen molar-refractivity contribution in [3.63, 3.8) is 0 Å². The van der Waals surface area contributed by atoms with Gasteiger partial charge in [0.05, 0.1) is 4.70 Å². The van der Waals surface area contributed by atoms with Gasteiger partial charge in [0.25, 0.3) is 0 Å². The van der Waals surface area contributed by atoms with Crippen LogP contribution < -0.4 is 4.90 Å². The van der Waals surface area contributed by atoms with Gasteiger partial charge in [-0.3, -0.25) is 0 Å². The van der Waals surface area contributed by atoms with E-state index in [1.54, 1.807) is 11.0 Å². The van der Waals surface area contributed by atoms with E-state index in [1.807, 2.05) is 20.8 Å². The molecule has 2 heterocycles. The Balaban J connectivity index is 1.67. The summed E-state index contributed by atoms with van der Waals surface area (Å²) in [5, 5.41) is 0.960. The molecule has 23 heavy (non-hydrogen) atoms. The van der Waals surface area contributed by atoms with Crippen LogP contribution in [0, 0.1) is 5.82 Å². The van der Waals surface area contributed by atoms with Gasteiger partial charge >= 0.3 is 6.09 Å². The van der Waals surface area contributed by atoms with Crippen LogP contribution in [0.4, 0.5) is 15.0 Å². The Hall–Kier alpha value is -1.89. The number of carbonyl (C=O) groups excluding carboxylic acids is 1. The van der Waals surface area contributed by atoms with E-state index in [0.717, 1.165) is 15.9 Å². The Morgan fingerprint density at radius 2 is 1.96 bits per heavy atom. The maximum Gasteiger partial charge on any atom is 0.410 e. The SMILES string of the molecule is CC(C)(C)OC(=O)N1CCN(c2nsc3cc(F)ccc23)CC1. The summed E-state index contributed by atoms with van der Waals surface area (Å²) in [7, 11) is 0. The van der Waals surface area contributed by atoms with Crippen LogP contribution >= 0.6 is 11.5 Å².